The van der Waals surface area contributed by atoms with E-state index in [9.17, 15) is 0 Å². The molecular weight excluding hydrogens is 244 g/mol. The first-order valence-corrected chi connectivity index (χ1v) is 9.03. The molecule has 1 N–H and O–H groups in total. The number of likely N-dealkylation sites (tertiary alicyclic amines) is 1. The average molecular weight is 281 g/mol. The number of hydrogen-bond acceptors (Lipinski definition) is 2. The van der Waals surface area contributed by atoms with Crippen molar-refractivity contribution in [3.8, 4) is 0 Å². The average Bonchev–Trinajstić information content (AvgIpc) is 2.74. The number of rotatable bonds is 5. The first-order chi connectivity index (χ1) is 9.56. The van der Waals surface area contributed by atoms with Crippen molar-refractivity contribution in [3.63, 3.8) is 0 Å². The van der Waals surface area contributed by atoms with Gasteiger partial charge in [0.2, 0.25) is 0 Å². The fraction of sp³-hybridized carbons (Fsp3) is 1.00. The molecule has 1 aliphatic heterocycles. The smallest absolute Gasteiger partial charge is 0.00672 e. The van der Waals surface area contributed by atoms with Gasteiger partial charge in [0, 0.05) is 18.6 Å². The van der Waals surface area contributed by atoms with E-state index in [0.29, 0.717) is 0 Å². The van der Waals surface area contributed by atoms with Gasteiger partial charge in [-0.25, -0.2) is 0 Å². The molecule has 0 spiro atoms. The predicted octanol–water partition coefficient (Wildman–Crippen LogP) is 3.91. The van der Waals surface area contributed by atoms with Gasteiger partial charge in [0.05, 0.1) is 0 Å². The molecule has 0 aromatic carbocycles. The van der Waals surface area contributed by atoms with Gasteiger partial charge in [-0.2, -0.15) is 0 Å². The Kier molecular flexibility index (Phi) is 6.35. The number of nitrogens with zero attached hydrogens (tertiary/aromatic N) is 1. The summed E-state index contributed by atoms with van der Waals surface area (Å²) < 4.78 is 0. The summed E-state index contributed by atoms with van der Waals surface area (Å²) in [6.07, 6.45) is 8.54. The van der Waals surface area contributed by atoms with Crippen molar-refractivity contribution in [1.29, 1.82) is 0 Å². The lowest BCUT2D eigenvalue weighted by molar-refractivity contribution is 0.261. The van der Waals surface area contributed by atoms with E-state index in [4.69, 9.17) is 0 Å². The minimum Gasteiger partial charge on any atom is -0.314 e. The zero-order chi connectivity index (χ0) is 14.5. The van der Waals surface area contributed by atoms with Crippen LogP contribution in [0.25, 0.3) is 0 Å². The Labute approximate surface area is 126 Å². The Morgan fingerprint density at radius 1 is 1.00 bits per heavy atom. The first kappa shape index (κ1) is 16.3. The summed E-state index contributed by atoms with van der Waals surface area (Å²) >= 11 is 0. The van der Waals surface area contributed by atoms with Crippen LogP contribution in [0.3, 0.4) is 0 Å². The Hall–Kier alpha value is -0.0800. The van der Waals surface area contributed by atoms with E-state index in [1.165, 1.54) is 58.2 Å². The van der Waals surface area contributed by atoms with Crippen LogP contribution in [0.2, 0.25) is 0 Å². The van der Waals surface area contributed by atoms with E-state index in [1.807, 2.05) is 0 Å². The highest BCUT2D eigenvalue weighted by Gasteiger charge is 2.25. The summed E-state index contributed by atoms with van der Waals surface area (Å²) in [5, 5.41) is 3.90. The van der Waals surface area contributed by atoms with E-state index in [0.717, 1.165) is 29.8 Å². The summed E-state index contributed by atoms with van der Waals surface area (Å²) in [4.78, 5) is 2.63. The maximum Gasteiger partial charge on any atom is 0.00672 e. The van der Waals surface area contributed by atoms with Crippen LogP contribution in [0.15, 0.2) is 0 Å². The SMILES string of the molecule is CC(C)C1CCCC(NCC2CCN(C(C)C)C2)CC1. The van der Waals surface area contributed by atoms with Gasteiger partial charge in [-0.1, -0.05) is 26.7 Å². The van der Waals surface area contributed by atoms with E-state index >= 15 is 0 Å². The van der Waals surface area contributed by atoms with Crippen LogP contribution in [0, 0.1) is 17.8 Å². The van der Waals surface area contributed by atoms with Gasteiger partial charge >= 0.3 is 0 Å². The van der Waals surface area contributed by atoms with E-state index in [-0.39, 0.29) is 0 Å². The molecule has 2 nitrogen and oxygen atoms in total. The van der Waals surface area contributed by atoms with Crippen molar-refractivity contribution < 1.29 is 0 Å². The fourth-order valence-electron chi connectivity index (χ4n) is 4.03. The standard InChI is InChI=1S/C18H36N2/c1-14(2)17-6-5-7-18(9-8-17)19-12-16-10-11-20(13-16)15(3)4/h14-19H,5-13H2,1-4H3. The zero-order valence-corrected chi connectivity index (χ0v) is 14.2. The van der Waals surface area contributed by atoms with Crippen LogP contribution < -0.4 is 5.32 Å². The molecule has 3 atom stereocenters. The van der Waals surface area contributed by atoms with Crippen LogP contribution >= 0.6 is 0 Å². The highest BCUT2D eigenvalue weighted by atomic mass is 15.2. The molecule has 1 saturated carbocycles. The second-order valence-corrected chi connectivity index (χ2v) is 7.86. The Morgan fingerprint density at radius 2 is 1.80 bits per heavy atom. The van der Waals surface area contributed by atoms with Crippen molar-refractivity contribution in [1.82, 2.24) is 10.2 Å². The van der Waals surface area contributed by atoms with E-state index < -0.39 is 0 Å². The summed E-state index contributed by atoms with van der Waals surface area (Å²) in [5.74, 6) is 2.74. The molecule has 2 rings (SSSR count). The number of hydrogen-bond donors (Lipinski definition) is 1. The molecular formula is C18H36N2. The van der Waals surface area contributed by atoms with Crippen LogP contribution in [0.1, 0.15) is 66.2 Å². The highest BCUT2D eigenvalue weighted by molar-refractivity contribution is 4.82. The molecule has 0 aromatic heterocycles. The third-order valence-electron chi connectivity index (χ3n) is 5.70. The van der Waals surface area contributed by atoms with Crippen molar-refractivity contribution in [2.45, 2.75) is 78.3 Å². The maximum atomic E-state index is 3.90. The lowest BCUT2D eigenvalue weighted by atomic mass is 9.89. The molecule has 0 aromatic rings. The summed E-state index contributed by atoms with van der Waals surface area (Å²) in [6, 6.07) is 1.52. The van der Waals surface area contributed by atoms with Crippen molar-refractivity contribution >= 4 is 0 Å². The largest absolute Gasteiger partial charge is 0.314 e. The molecule has 3 unspecified atom stereocenters. The quantitative estimate of drug-likeness (QED) is 0.768. The monoisotopic (exact) mass is 280 g/mol. The molecule has 20 heavy (non-hydrogen) atoms. The summed E-state index contributed by atoms with van der Waals surface area (Å²) in [5.41, 5.74) is 0. The molecule has 118 valence electrons. The number of nitrogens with one attached hydrogen (secondary N) is 1. The summed E-state index contributed by atoms with van der Waals surface area (Å²) in [7, 11) is 0. The van der Waals surface area contributed by atoms with Crippen molar-refractivity contribution in [2.75, 3.05) is 19.6 Å². The van der Waals surface area contributed by atoms with Gasteiger partial charge in [0.25, 0.3) is 0 Å². The Morgan fingerprint density at radius 3 is 2.45 bits per heavy atom. The minimum atomic E-state index is 0.727. The Balaban J connectivity index is 1.67. The van der Waals surface area contributed by atoms with Gasteiger partial charge in [-0.05, 0) is 70.4 Å². The van der Waals surface area contributed by atoms with Gasteiger partial charge < -0.3 is 10.2 Å². The normalized spacial score (nSPS) is 33.0. The lowest BCUT2D eigenvalue weighted by Gasteiger charge is -2.22. The molecule has 2 aliphatic rings. The molecule has 1 heterocycles. The fourth-order valence-corrected chi connectivity index (χ4v) is 4.03. The molecule has 1 saturated heterocycles. The third-order valence-corrected chi connectivity index (χ3v) is 5.70. The van der Waals surface area contributed by atoms with Crippen molar-refractivity contribution in [2.24, 2.45) is 17.8 Å². The van der Waals surface area contributed by atoms with Crippen molar-refractivity contribution in [3.05, 3.63) is 0 Å². The highest BCUT2D eigenvalue weighted by Crippen LogP contribution is 2.29. The van der Waals surface area contributed by atoms with Crippen LogP contribution in [-0.4, -0.2) is 36.6 Å². The summed E-state index contributed by atoms with van der Waals surface area (Å²) in [6.45, 7) is 13.3. The first-order valence-electron chi connectivity index (χ1n) is 9.03. The van der Waals surface area contributed by atoms with Crippen LogP contribution in [0.5, 0.6) is 0 Å². The van der Waals surface area contributed by atoms with Crippen LogP contribution in [-0.2, 0) is 0 Å². The third kappa shape index (κ3) is 4.73. The second-order valence-electron chi connectivity index (χ2n) is 7.86. The molecule has 2 heteroatoms. The maximum absolute atomic E-state index is 3.90. The van der Waals surface area contributed by atoms with E-state index in [1.54, 1.807) is 0 Å². The zero-order valence-electron chi connectivity index (χ0n) is 14.2. The van der Waals surface area contributed by atoms with Crippen LogP contribution in [0.4, 0.5) is 0 Å². The molecule has 0 radical (unpaired) electrons. The van der Waals surface area contributed by atoms with Gasteiger partial charge in [0.15, 0.2) is 0 Å². The molecule has 2 fully saturated rings. The van der Waals surface area contributed by atoms with Gasteiger partial charge in [-0.15, -0.1) is 0 Å². The molecule has 0 bridgehead atoms. The Bertz CT molecular complexity index is 275. The molecule has 0 amide bonds. The molecule has 1 aliphatic carbocycles. The minimum absolute atomic E-state index is 0.727. The predicted molar refractivity (Wildman–Crippen MR) is 88.0 cm³/mol. The second kappa shape index (κ2) is 7.79. The van der Waals surface area contributed by atoms with E-state index in [2.05, 4.69) is 37.9 Å². The lowest BCUT2D eigenvalue weighted by Crippen LogP contribution is -2.35. The van der Waals surface area contributed by atoms with Gasteiger partial charge in [0.1, 0.15) is 0 Å². The van der Waals surface area contributed by atoms with Gasteiger partial charge in [-0.3, -0.25) is 0 Å². The topological polar surface area (TPSA) is 15.3 Å².